The lowest BCUT2D eigenvalue weighted by Gasteiger charge is -2.17. The quantitative estimate of drug-likeness (QED) is 0.639. The summed E-state index contributed by atoms with van der Waals surface area (Å²) in [4.78, 5) is 33.0. The van der Waals surface area contributed by atoms with Gasteiger partial charge in [-0.2, -0.15) is 0 Å². The molecule has 20 heavy (non-hydrogen) atoms. The predicted octanol–water partition coefficient (Wildman–Crippen LogP) is 2.09. The average Bonchev–Trinajstić information content (AvgIpc) is 2.36. The highest BCUT2D eigenvalue weighted by atomic mass is 35.5. The fourth-order valence-electron chi connectivity index (χ4n) is 1.47. The Kier molecular flexibility index (Phi) is 5.04. The molecule has 8 heteroatoms. The first-order valence-electron chi connectivity index (χ1n) is 5.71. The molecule has 0 radical (unpaired) electrons. The zero-order chi connectivity index (χ0) is 15.4. The van der Waals surface area contributed by atoms with Crippen LogP contribution >= 0.6 is 11.6 Å². The van der Waals surface area contributed by atoms with Crippen LogP contribution in [0.4, 0.5) is 5.69 Å². The van der Waals surface area contributed by atoms with Crippen molar-refractivity contribution in [3.05, 3.63) is 38.9 Å². The molecule has 108 valence electrons. The van der Waals surface area contributed by atoms with E-state index < -0.39 is 28.8 Å². The Bertz CT molecular complexity index is 561. The van der Waals surface area contributed by atoms with E-state index in [9.17, 15) is 19.7 Å². The predicted molar refractivity (Wildman–Crippen MR) is 71.8 cm³/mol. The summed E-state index contributed by atoms with van der Waals surface area (Å²) in [5.41, 5.74) is -0.589. The van der Waals surface area contributed by atoms with Crippen molar-refractivity contribution < 1.29 is 19.6 Å². The van der Waals surface area contributed by atoms with Crippen LogP contribution < -0.4 is 5.32 Å². The SMILES string of the molecule is CC(NC(=O)c1cc(Cl)ccc1[N+](=O)[O-])C(C)C(=O)O. The summed E-state index contributed by atoms with van der Waals surface area (Å²) in [7, 11) is 0. The minimum Gasteiger partial charge on any atom is -0.481 e. The molecule has 0 aromatic heterocycles. The topological polar surface area (TPSA) is 110 Å². The molecular weight excluding hydrogens is 288 g/mol. The smallest absolute Gasteiger partial charge is 0.308 e. The van der Waals surface area contributed by atoms with Crippen molar-refractivity contribution in [1.29, 1.82) is 0 Å². The third-order valence-electron chi connectivity index (χ3n) is 2.90. The molecule has 0 bridgehead atoms. The number of hydrogen-bond donors (Lipinski definition) is 2. The standard InChI is InChI=1S/C12H13ClN2O5/c1-6(12(17)18)7(2)14-11(16)9-5-8(13)3-4-10(9)15(19)20/h3-7H,1-2H3,(H,14,16)(H,17,18). The summed E-state index contributed by atoms with van der Waals surface area (Å²) in [6.45, 7) is 2.94. The van der Waals surface area contributed by atoms with Crippen LogP contribution in [0.5, 0.6) is 0 Å². The van der Waals surface area contributed by atoms with Gasteiger partial charge in [0, 0.05) is 17.1 Å². The number of nitro benzene ring substituents is 1. The van der Waals surface area contributed by atoms with Gasteiger partial charge in [0.1, 0.15) is 5.56 Å². The van der Waals surface area contributed by atoms with Gasteiger partial charge in [-0.25, -0.2) is 0 Å². The third kappa shape index (κ3) is 3.67. The van der Waals surface area contributed by atoms with E-state index >= 15 is 0 Å². The van der Waals surface area contributed by atoms with E-state index in [0.29, 0.717) is 0 Å². The van der Waals surface area contributed by atoms with Gasteiger partial charge in [-0.15, -0.1) is 0 Å². The van der Waals surface area contributed by atoms with Gasteiger partial charge >= 0.3 is 5.97 Å². The summed E-state index contributed by atoms with van der Waals surface area (Å²) in [5, 5.41) is 22.3. The minimum absolute atomic E-state index is 0.180. The molecule has 0 saturated carbocycles. The third-order valence-corrected chi connectivity index (χ3v) is 3.13. The molecule has 0 spiro atoms. The van der Waals surface area contributed by atoms with E-state index in [0.717, 1.165) is 6.07 Å². The van der Waals surface area contributed by atoms with Gasteiger partial charge in [0.25, 0.3) is 11.6 Å². The van der Waals surface area contributed by atoms with Gasteiger partial charge in [-0.05, 0) is 26.0 Å². The summed E-state index contributed by atoms with van der Waals surface area (Å²) >= 11 is 5.72. The normalized spacial score (nSPS) is 13.3. The van der Waals surface area contributed by atoms with Gasteiger partial charge < -0.3 is 10.4 Å². The average molecular weight is 301 g/mol. The summed E-state index contributed by atoms with van der Waals surface area (Å²) in [5.74, 6) is -2.63. The van der Waals surface area contributed by atoms with Crippen LogP contribution in [0.2, 0.25) is 5.02 Å². The molecule has 2 unspecified atom stereocenters. The first-order valence-corrected chi connectivity index (χ1v) is 6.09. The number of carboxylic acid groups (broad SMARTS) is 1. The van der Waals surface area contributed by atoms with Crippen molar-refractivity contribution in [2.24, 2.45) is 5.92 Å². The lowest BCUT2D eigenvalue weighted by Crippen LogP contribution is -2.40. The van der Waals surface area contributed by atoms with Crippen molar-refractivity contribution >= 4 is 29.2 Å². The molecule has 1 amide bonds. The highest BCUT2D eigenvalue weighted by molar-refractivity contribution is 6.31. The highest BCUT2D eigenvalue weighted by Crippen LogP contribution is 2.23. The highest BCUT2D eigenvalue weighted by Gasteiger charge is 2.25. The maximum Gasteiger partial charge on any atom is 0.308 e. The molecule has 1 rings (SSSR count). The van der Waals surface area contributed by atoms with E-state index in [-0.39, 0.29) is 16.3 Å². The number of amides is 1. The molecule has 1 aromatic carbocycles. The van der Waals surface area contributed by atoms with Crippen LogP contribution in [0.15, 0.2) is 18.2 Å². The number of aliphatic carboxylic acids is 1. The second-order valence-electron chi connectivity index (χ2n) is 4.31. The van der Waals surface area contributed by atoms with E-state index in [1.54, 1.807) is 0 Å². The monoisotopic (exact) mass is 300 g/mol. The Hall–Kier alpha value is -2.15. The van der Waals surface area contributed by atoms with Crippen molar-refractivity contribution in [3.8, 4) is 0 Å². The van der Waals surface area contributed by atoms with E-state index in [4.69, 9.17) is 16.7 Å². The maximum absolute atomic E-state index is 12.0. The lowest BCUT2D eigenvalue weighted by molar-refractivity contribution is -0.385. The van der Waals surface area contributed by atoms with Crippen LogP contribution in [0.25, 0.3) is 0 Å². The first-order chi connectivity index (χ1) is 9.23. The molecule has 2 atom stereocenters. The van der Waals surface area contributed by atoms with Gasteiger partial charge in [-0.1, -0.05) is 11.6 Å². The molecule has 0 aliphatic heterocycles. The second-order valence-corrected chi connectivity index (χ2v) is 4.74. The van der Waals surface area contributed by atoms with E-state index in [1.807, 2.05) is 0 Å². The second kappa shape index (κ2) is 6.33. The molecule has 2 N–H and O–H groups in total. The molecule has 0 fully saturated rings. The number of carboxylic acids is 1. The Labute approximate surface area is 119 Å². The van der Waals surface area contributed by atoms with Crippen LogP contribution in [0, 0.1) is 16.0 Å². The molecule has 1 aromatic rings. The number of nitro groups is 1. The van der Waals surface area contributed by atoms with Crippen molar-refractivity contribution in [3.63, 3.8) is 0 Å². The summed E-state index contributed by atoms with van der Waals surface area (Å²) in [6.07, 6.45) is 0. The number of carbonyl (C=O) groups excluding carboxylic acids is 1. The van der Waals surface area contributed by atoms with Crippen LogP contribution in [-0.4, -0.2) is 27.9 Å². The van der Waals surface area contributed by atoms with Crippen molar-refractivity contribution in [1.82, 2.24) is 5.32 Å². The lowest BCUT2D eigenvalue weighted by atomic mass is 10.0. The number of halogens is 1. The van der Waals surface area contributed by atoms with Gasteiger partial charge in [0.2, 0.25) is 0 Å². The molecule has 0 aliphatic rings. The van der Waals surface area contributed by atoms with E-state index in [1.165, 1.54) is 26.0 Å². The Morgan fingerprint density at radius 3 is 2.50 bits per heavy atom. The zero-order valence-corrected chi connectivity index (χ0v) is 11.5. The zero-order valence-electron chi connectivity index (χ0n) is 10.8. The van der Waals surface area contributed by atoms with Crippen LogP contribution in [0.1, 0.15) is 24.2 Å². The van der Waals surface area contributed by atoms with Crippen molar-refractivity contribution in [2.75, 3.05) is 0 Å². The first kappa shape index (κ1) is 15.9. The fraction of sp³-hybridized carbons (Fsp3) is 0.333. The molecule has 0 heterocycles. The molecule has 0 aliphatic carbocycles. The summed E-state index contributed by atoms with van der Waals surface area (Å²) < 4.78 is 0. The van der Waals surface area contributed by atoms with E-state index in [2.05, 4.69) is 5.32 Å². The Morgan fingerprint density at radius 2 is 2.00 bits per heavy atom. The minimum atomic E-state index is -1.07. The fourth-order valence-corrected chi connectivity index (χ4v) is 1.64. The molecular formula is C12H13ClN2O5. The Morgan fingerprint density at radius 1 is 1.40 bits per heavy atom. The molecule has 7 nitrogen and oxygen atoms in total. The number of benzene rings is 1. The van der Waals surface area contributed by atoms with Crippen molar-refractivity contribution in [2.45, 2.75) is 19.9 Å². The van der Waals surface area contributed by atoms with Gasteiger partial charge in [0.15, 0.2) is 0 Å². The number of nitrogens with zero attached hydrogens (tertiary/aromatic N) is 1. The number of hydrogen-bond acceptors (Lipinski definition) is 4. The van der Waals surface area contributed by atoms with Crippen LogP contribution in [0.3, 0.4) is 0 Å². The number of nitrogens with one attached hydrogen (secondary N) is 1. The van der Waals surface area contributed by atoms with Gasteiger partial charge in [-0.3, -0.25) is 19.7 Å². The largest absolute Gasteiger partial charge is 0.481 e. The van der Waals surface area contributed by atoms with Gasteiger partial charge in [0.05, 0.1) is 10.8 Å². The Balaban J connectivity index is 3.00. The number of carbonyl (C=O) groups is 2. The number of rotatable bonds is 5. The summed E-state index contributed by atoms with van der Waals surface area (Å²) in [6, 6.07) is 2.92. The maximum atomic E-state index is 12.0. The van der Waals surface area contributed by atoms with Crippen LogP contribution in [-0.2, 0) is 4.79 Å². The molecule has 0 saturated heterocycles.